The van der Waals surface area contributed by atoms with E-state index in [9.17, 15) is 4.79 Å². The largest absolute Gasteiger partial charge is 0.467 e. The lowest BCUT2D eigenvalue weighted by Crippen LogP contribution is -2.30. The van der Waals surface area contributed by atoms with Crippen LogP contribution in [0.5, 0.6) is 0 Å². The van der Waals surface area contributed by atoms with Gasteiger partial charge in [0.2, 0.25) is 0 Å². The molecular formula is C10H17ClO3. The zero-order valence-electron chi connectivity index (χ0n) is 9.04. The van der Waals surface area contributed by atoms with Gasteiger partial charge in [-0.05, 0) is 18.9 Å². The van der Waals surface area contributed by atoms with Crippen LogP contribution < -0.4 is 0 Å². The Balaban J connectivity index is 4.11. The second kappa shape index (κ2) is 6.85. The van der Waals surface area contributed by atoms with Gasteiger partial charge in [-0.2, -0.15) is 0 Å². The van der Waals surface area contributed by atoms with Crippen LogP contribution in [0.4, 0.5) is 0 Å². The van der Waals surface area contributed by atoms with Crippen LogP contribution in [0.1, 0.15) is 20.8 Å². The number of halogens is 1. The highest BCUT2D eigenvalue weighted by atomic mass is 35.5. The van der Waals surface area contributed by atoms with Crippen LogP contribution in [0.3, 0.4) is 0 Å². The third-order valence-electron chi connectivity index (χ3n) is 1.68. The van der Waals surface area contributed by atoms with Crippen molar-refractivity contribution < 1.29 is 14.3 Å². The van der Waals surface area contributed by atoms with Crippen LogP contribution in [-0.4, -0.2) is 25.8 Å². The molecule has 1 unspecified atom stereocenters. The van der Waals surface area contributed by atoms with Crippen molar-refractivity contribution in [1.82, 2.24) is 0 Å². The van der Waals surface area contributed by atoms with Gasteiger partial charge >= 0.3 is 5.97 Å². The molecule has 0 rings (SSSR count). The number of esters is 1. The van der Waals surface area contributed by atoms with Gasteiger partial charge in [0, 0.05) is 5.03 Å². The predicted molar refractivity (Wildman–Crippen MR) is 56.2 cm³/mol. The van der Waals surface area contributed by atoms with Crippen LogP contribution in [0, 0.1) is 5.92 Å². The van der Waals surface area contributed by atoms with Gasteiger partial charge < -0.3 is 9.47 Å². The molecular weight excluding hydrogens is 204 g/mol. The molecule has 0 aromatic carbocycles. The molecule has 3 nitrogen and oxygen atoms in total. The van der Waals surface area contributed by atoms with E-state index in [0.717, 1.165) is 0 Å². The van der Waals surface area contributed by atoms with Gasteiger partial charge in [0.15, 0.2) is 6.10 Å². The molecule has 0 saturated carbocycles. The minimum absolute atomic E-state index is 0.0893. The molecule has 0 aliphatic carbocycles. The van der Waals surface area contributed by atoms with Crippen LogP contribution in [0.25, 0.3) is 0 Å². The van der Waals surface area contributed by atoms with Crippen molar-refractivity contribution in [3.05, 3.63) is 11.1 Å². The number of rotatable bonds is 5. The summed E-state index contributed by atoms with van der Waals surface area (Å²) in [5.74, 6) is -0.257. The van der Waals surface area contributed by atoms with Gasteiger partial charge in [0.05, 0.1) is 13.7 Å². The number of methoxy groups -OCH3 is 1. The lowest BCUT2D eigenvalue weighted by Gasteiger charge is -2.17. The maximum atomic E-state index is 11.2. The van der Waals surface area contributed by atoms with Gasteiger partial charge in [0.25, 0.3) is 0 Å². The van der Waals surface area contributed by atoms with Gasteiger partial charge in [-0.15, -0.1) is 0 Å². The molecule has 82 valence electrons. The summed E-state index contributed by atoms with van der Waals surface area (Å²) >= 11 is 5.62. The summed E-state index contributed by atoms with van der Waals surface area (Å²) in [5.41, 5.74) is 0. The smallest absolute Gasteiger partial charge is 0.335 e. The maximum absolute atomic E-state index is 11.2. The Bertz CT molecular complexity index is 207. The third kappa shape index (κ3) is 5.25. The Morgan fingerprint density at radius 3 is 2.43 bits per heavy atom. The number of carbonyl (C=O) groups excluding carboxylic acids is 1. The number of hydrogen-bond donors (Lipinski definition) is 0. The van der Waals surface area contributed by atoms with E-state index in [4.69, 9.17) is 16.3 Å². The van der Waals surface area contributed by atoms with E-state index in [-0.39, 0.29) is 11.9 Å². The molecule has 0 spiro atoms. The SMILES string of the molecule is COC(=O)C(OCC=C(C)Cl)C(C)C. The summed E-state index contributed by atoms with van der Waals surface area (Å²) in [5, 5.41) is 0.650. The van der Waals surface area contributed by atoms with Crippen molar-refractivity contribution >= 4 is 17.6 Å². The summed E-state index contributed by atoms with van der Waals surface area (Å²) in [7, 11) is 1.35. The Kier molecular flexibility index (Phi) is 6.58. The minimum atomic E-state index is -0.521. The fourth-order valence-electron chi connectivity index (χ4n) is 0.915. The zero-order valence-corrected chi connectivity index (χ0v) is 9.80. The molecule has 1 atom stereocenters. The molecule has 0 bridgehead atoms. The van der Waals surface area contributed by atoms with E-state index in [1.54, 1.807) is 13.0 Å². The quantitative estimate of drug-likeness (QED) is 0.668. The van der Waals surface area contributed by atoms with Crippen molar-refractivity contribution in [2.75, 3.05) is 13.7 Å². The number of hydrogen-bond acceptors (Lipinski definition) is 3. The normalized spacial score (nSPS) is 14.3. The lowest BCUT2D eigenvalue weighted by molar-refractivity contribution is -0.156. The monoisotopic (exact) mass is 220 g/mol. The lowest BCUT2D eigenvalue weighted by atomic mass is 10.1. The summed E-state index contributed by atoms with van der Waals surface area (Å²) in [4.78, 5) is 11.2. The summed E-state index contributed by atoms with van der Waals surface area (Å²) in [6.07, 6.45) is 1.19. The van der Waals surface area contributed by atoms with Gasteiger partial charge in [-0.1, -0.05) is 25.4 Å². The topological polar surface area (TPSA) is 35.5 Å². The average Bonchev–Trinajstić information content (AvgIpc) is 2.10. The molecule has 0 fully saturated rings. The molecule has 0 aliphatic heterocycles. The Labute approximate surface area is 90.0 Å². The van der Waals surface area contributed by atoms with E-state index < -0.39 is 6.10 Å². The van der Waals surface area contributed by atoms with Gasteiger partial charge in [0.1, 0.15) is 0 Å². The van der Waals surface area contributed by atoms with E-state index in [1.807, 2.05) is 13.8 Å². The van der Waals surface area contributed by atoms with E-state index in [1.165, 1.54) is 7.11 Å². The van der Waals surface area contributed by atoms with E-state index in [0.29, 0.717) is 11.6 Å². The molecule has 0 saturated heterocycles. The van der Waals surface area contributed by atoms with Crippen molar-refractivity contribution in [1.29, 1.82) is 0 Å². The standard InChI is InChI=1S/C10H17ClO3/c1-7(2)9(10(12)13-4)14-6-5-8(3)11/h5,7,9H,6H2,1-4H3. The first-order valence-electron chi connectivity index (χ1n) is 4.50. The molecule has 0 aliphatic rings. The van der Waals surface area contributed by atoms with Crippen molar-refractivity contribution in [3.63, 3.8) is 0 Å². The van der Waals surface area contributed by atoms with Crippen molar-refractivity contribution in [2.45, 2.75) is 26.9 Å². The molecule has 4 heteroatoms. The molecule has 0 radical (unpaired) electrons. The maximum Gasteiger partial charge on any atom is 0.335 e. The molecule has 0 heterocycles. The Morgan fingerprint density at radius 1 is 1.50 bits per heavy atom. The second-order valence-corrected chi connectivity index (χ2v) is 3.91. The highest BCUT2D eigenvalue weighted by Gasteiger charge is 2.22. The van der Waals surface area contributed by atoms with E-state index >= 15 is 0 Å². The molecule has 0 aromatic rings. The van der Waals surface area contributed by atoms with Crippen molar-refractivity contribution in [3.8, 4) is 0 Å². The summed E-state index contributed by atoms with van der Waals surface area (Å²) < 4.78 is 9.95. The number of carbonyl (C=O) groups is 1. The molecule has 14 heavy (non-hydrogen) atoms. The number of ether oxygens (including phenoxy) is 2. The Hall–Kier alpha value is -0.540. The minimum Gasteiger partial charge on any atom is -0.467 e. The first-order valence-corrected chi connectivity index (χ1v) is 4.88. The van der Waals surface area contributed by atoms with Crippen LogP contribution in [0.2, 0.25) is 0 Å². The first kappa shape index (κ1) is 13.5. The highest BCUT2D eigenvalue weighted by molar-refractivity contribution is 6.29. The number of allylic oxidation sites excluding steroid dienone is 1. The fourth-order valence-corrected chi connectivity index (χ4v) is 0.978. The third-order valence-corrected chi connectivity index (χ3v) is 1.83. The molecule has 0 N–H and O–H groups in total. The zero-order chi connectivity index (χ0) is 11.1. The van der Waals surface area contributed by atoms with Crippen LogP contribution >= 0.6 is 11.6 Å². The Morgan fingerprint density at radius 2 is 2.07 bits per heavy atom. The highest BCUT2D eigenvalue weighted by Crippen LogP contribution is 2.09. The van der Waals surface area contributed by atoms with Gasteiger partial charge in [-0.3, -0.25) is 0 Å². The van der Waals surface area contributed by atoms with Gasteiger partial charge in [-0.25, -0.2) is 4.79 Å². The first-order chi connectivity index (χ1) is 6.49. The predicted octanol–water partition coefficient (Wildman–Crippen LogP) is 2.34. The molecule has 0 amide bonds. The van der Waals surface area contributed by atoms with Crippen LogP contribution in [-0.2, 0) is 14.3 Å². The fraction of sp³-hybridized carbons (Fsp3) is 0.700. The average molecular weight is 221 g/mol. The molecule has 0 aromatic heterocycles. The van der Waals surface area contributed by atoms with Crippen molar-refractivity contribution in [2.24, 2.45) is 5.92 Å². The van der Waals surface area contributed by atoms with Crippen LogP contribution in [0.15, 0.2) is 11.1 Å². The second-order valence-electron chi connectivity index (χ2n) is 3.31. The van der Waals surface area contributed by atoms with E-state index in [2.05, 4.69) is 4.74 Å². The summed E-state index contributed by atoms with van der Waals surface area (Å²) in [6.45, 7) is 5.89. The summed E-state index contributed by atoms with van der Waals surface area (Å²) in [6, 6.07) is 0.